The number of unbranched alkanes of at least 4 members (excludes halogenated alkanes) is 3. The van der Waals surface area contributed by atoms with Crippen molar-refractivity contribution in [3.05, 3.63) is 22.8 Å². The second kappa shape index (κ2) is 8.80. The van der Waals surface area contributed by atoms with Crippen LogP contribution in [0.1, 0.15) is 56.4 Å². The molecular weight excluding hydrogens is 274 g/mol. The molecule has 0 unspecified atom stereocenters. The van der Waals surface area contributed by atoms with Crippen LogP contribution in [0.25, 0.3) is 0 Å². The maximum Gasteiger partial charge on any atom is 0.271 e. The van der Waals surface area contributed by atoms with Crippen LogP contribution < -0.4 is 11.1 Å². The van der Waals surface area contributed by atoms with E-state index in [1.165, 1.54) is 19.3 Å². The van der Waals surface area contributed by atoms with Crippen LogP contribution in [0, 0.1) is 5.92 Å². The van der Waals surface area contributed by atoms with E-state index in [4.69, 9.17) is 17.3 Å². The van der Waals surface area contributed by atoms with E-state index >= 15 is 0 Å². The lowest BCUT2D eigenvalue weighted by Gasteiger charge is -2.07. The Balaban J connectivity index is 2.22. The van der Waals surface area contributed by atoms with Gasteiger partial charge < -0.3 is 11.1 Å². The van der Waals surface area contributed by atoms with Gasteiger partial charge in [-0.15, -0.1) is 0 Å². The molecule has 1 heterocycles. The first kappa shape index (κ1) is 16.8. The second-order valence-electron chi connectivity index (χ2n) is 5.42. The van der Waals surface area contributed by atoms with Gasteiger partial charge in [-0.2, -0.15) is 0 Å². The van der Waals surface area contributed by atoms with Gasteiger partial charge in [0.25, 0.3) is 5.91 Å². The van der Waals surface area contributed by atoms with Crippen LogP contribution >= 0.6 is 11.6 Å². The number of carbonyl (C=O) groups is 1. The zero-order chi connectivity index (χ0) is 15.0. The van der Waals surface area contributed by atoms with Crippen molar-refractivity contribution >= 4 is 23.3 Å². The predicted octanol–water partition coefficient (Wildman–Crippen LogP) is 3.65. The van der Waals surface area contributed by atoms with Gasteiger partial charge in [0.1, 0.15) is 11.5 Å². The van der Waals surface area contributed by atoms with Crippen molar-refractivity contribution in [2.24, 2.45) is 5.92 Å². The van der Waals surface area contributed by atoms with Crippen molar-refractivity contribution in [3.63, 3.8) is 0 Å². The summed E-state index contributed by atoms with van der Waals surface area (Å²) < 4.78 is 0. The predicted molar refractivity (Wildman–Crippen MR) is 83.9 cm³/mol. The molecule has 1 rings (SSSR count). The maximum absolute atomic E-state index is 11.9. The van der Waals surface area contributed by atoms with Crippen LogP contribution in [0.3, 0.4) is 0 Å². The number of nitrogen functional groups attached to an aromatic ring is 1. The van der Waals surface area contributed by atoms with E-state index in [0.717, 1.165) is 18.8 Å². The van der Waals surface area contributed by atoms with Crippen LogP contribution in [0.15, 0.2) is 12.1 Å². The fraction of sp³-hybridized carbons (Fsp3) is 0.600. The van der Waals surface area contributed by atoms with Gasteiger partial charge >= 0.3 is 0 Å². The lowest BCUT2D eigenvalue weighted by molar-refractivity contribution is 0.0948. The van der Waals surface area contributed by atoms with E-state index in [2.05, 4.69) is 24.1 Å². The fourth-order valence-corrected chi connectivity index (χ4v) is 2.12. The number of rotatable bonds is 8. The lowest BCUT2D eigenvalue weighted by atomic mass is 10.0. The van der Waals surface area contributed by atoms with Gasteiger partial charge in [-0.1, -0.05) is 51.1 Å². The van der Waals surface area contributed by atoms with Gasteiger partial charge in [0.05, 0.1) is 5.02 Å². The monoisotopic (exact) mass is 297 g/mol. The largest absolute Gasteiger partial charge is 0.384 e. The number of carbonyl (C=O) groups excluding carboxylic acids is 1. The SMILES string of the molecule is CC(C)CCCCCCNC(=O)c1nc(N)ccc1Cl. The average molecular weight is 298 g/mol. The highest BCUT2D eigenvalue weighted by Crippen LogP contribution is 2.15. The van der Waals surface area contributed by atoms with Gasteiger partial charge in [0, 0.05) is 6.54 Å². The summed E-state index contributed by atoms with van der Waals surface area (Å²) in [6.07, 6.45) is 5.85. The number of hydrogen-bond acceptors (Lipinski definition) is 3. The Bertz CT molecular complexity index is 435. The highest BCUT2D eigenvalue weighted by Gasteiger charge is 2.11. The number of amides is 1. The molecule has 0 atom stereocenters. The number of halogens is 1. The molecule has 0 saturated carbocycles. The molecule has 0 aliphatic carbocycles. The van der Waals surface area contributed by atoms with Gasteiger partial charge in [0.15, 0.2) is 0 Å². The number of nitrogens with one attached hydrogen (secondary N) is 1. The van der Waals surface area contributed by atoms with Crippen molar-refractivity contribution in [2.75, 3.05) is 12.3 Å². The number of anilines is 1. The first-order valence-corrected chi connectivity index (χ1v) is 7.58. The first-order valence-electron chi connectivity index (χ1n) is 7.21. The second-order valence-corrected chi connectivity index (χ2v) is 5.83. The normalized spacial score (nSPS) is 10.8. The van der Waals surface area contributed by atoms with Crippen molar-refractivity contribution in [2.45, 2.75) is 46.0 Å². The molecule has 3 N–H and O–H groups in total. The topological polar surface area (TPSA) is 68.0 Å². The molecule has 1 aromatic rings. The van der Waals surface area contributed by atoms with E-state index in [-0.39, 0.29) is 11.6 Å². The molecular formula is C15H24ClN3O. The van der Waals surface area contributed by atoms with E-state index in [1.54, 1.807) is 12.1 Å². The molecule has 0 radical (unpaired) electrons. The third kappa shape index (κ3) is 6.24. The van der Waals surface area contributed by atoms with Crippen molar-refractivity contribution < 1.29 is 4.79 Å². The zero-order valence-corrected chi connectivity index (χ0v) is 13.0. The summed E-state index contributed by atoms with van der Waals surface area (Å²) >= 11 is 5.92. The molecule has 112 valence electrons. The smallest absolute Gasteiger partial charge is 0.271 e. The molecule has 0 aliphatic rings. The summed E-state index contributed by atoms with van der Waals surface area (Å²) in [5, 5.41) is 3.15. The van der Waals surface area contributed by atoms with Crippen molar-refractivity contribution in [3.8, 4) is 0 Å². The standard InChI is InChI=1S/C15H24ClN3O/c1-11(2)7-5-3-4-6-10-18-15(20)14-12(16)8-9-13(17)19-14/h8-9,11H,3-7,10H2,1-2H3,(H2,17,19)(H,18,20). The van der Waals surface area contributed by atoms with Crippen molar-refractivity contribution in [1.29, 1.82) is 0 Å². The van der Waals surface area contributed by atoms with Crippen LogP contribution in [0.5, 0.6) is 0 Å². The molecule has 0 bridgehead atoms. The van der Waals surface area contributed by atoms with Crippen LogP contribution in [-0.4, -0.2) is 17.4 Å². The summed E-state index contributed by atoms with van der Waals surface area (Å²) in [5.74, 6) is 0.809. The van der Waals surface area contributed by atoms with Crippen molar-refractivity contribution in [1.82, 2.24) is 10.3 Å². The Morgan fingerprint density at radius 1 is 1.30 bits per heavy atom. The summed E-state index contributed by atoms with van der Waals surface area (Å²) in [6, 6.07) is 3.17. The van der Waals surface area contributed by atoms with Gasteiger partial charge in [-0.05, 0) is 24.5 Å². The summed E-state index contributed by atoms with van der Waals surface area (Å²) in [7, 11) is 0. The third-order valence-corrected chi connectivity index (χ3v) is 3.38. The highest BCUT2D eigenvalue weighted by atomic mass is 35.5. The number of pyridine rings is 1. The highest BCUT2D eigenvalue weighted by molar-refractivity contribution is 6.33. The van der Waals surface area contributed by atoms with E-state index < -0.39 is 0 Å². The lowest BCUT2D eigenvalue weighted by Crippen LogP contribution is -2.26. The first-order chi connectivity index (χ1) is 9.50. The number of nitrogens with two attached hydrogens (primary N) is 1. The van der Waals surface area contributed by atoms with E-state index in [9.17, 15) is 4.79 Å². The third-order valence-electron chi connectivity index (χ3n) is 3.08. The molecule has 0 fully saturated rings. The number of aromatic nitrogens is 1. The molecule has 0 saturated heterocycles. The minimum Gasteiger partial charge on any atom is -0.384 e. The Labute approximate surface area is 126 Å². The summed E-state index contributed by atoms with van der Waals surface area (Å²) in [6.45, 7) is 5.12. The Morgan fingerprint density at radius 3 is 2.70 bits per heavy atom. The van der Waals surface area contributed by atoms with Gasteiger partial charge in [-0.25, -0.2) is 4.98 Å². The number of hydrogen-bond donors (Lipinski definition) is 2. The average Bonchev–Trinajstić information content (AvgIpc) is 2.39. The Hall–Kier alpha value is -1.29. The van der Waals surface area contributed by atoms with Gasteiger partial charge in [-0.3, -0.25) is 4.79 Å². The Kier molecular flexibility index (Phi) is 7.37. The molecule has 0 spiro atoms. The number of nitrogens with zero attached hydrogens (tertiary/aromatic N) is 1. The molecule has 0 aromatic carbocycles. The van der Waals surface area contributed by atoms with E-state index in [0.29, 0.717) is 17.4 Å². The molecule has 1 aromatic heterocycles. The minimum absolute atomic E-state index is 0.200. The fourth-order valence-electron chi connectivity index (χ4n) is 1.93. The van der Waals surface area contributed by atoms with Crippen LogP contribution in [0.4, 0.5) is 5.82 Å². The summed E-state index contributed by atoms with van der Waals surface area (Å²) in [4.78, 5) is 15.8. The molecule has 1 amide bonds. The summed E-state index contributed by atoms with van der Waals surface area (Å²) in [5.41, 5.74) is 5.75. The van der Waals surface area contributed by atoms with Crippen LogP contribution in [-0.2, 0) is 0 Å². The van der Waals surface area contributed by atoms with Crippen LogP contribution in [0.2, 0.25) is 5.02 Å². The Morgan fingerprint density at radius 2 is 2.00 bits per heavy atom. The zero-order valence-electron chi connectivity index (χ0n) is 12.3. The van der Waals surface area contributed by atoms with E-state index in [1.807, 2.05) is 0 Å². The maximum atomic E-state index is 11.9. The quantitative estimate of drug-likeness (QED) is 0.720. The molecule has 5 heteroatoms. The minimum atomic E-state index is -0.260. The molecule has 20 heavy (non-hydrogen) atoms. The van der Waals surface area contributed by atoms with Gasteiger partial charge in [0.2, 0.25) is 0 Å². The molecule has 4 nitrogen and oxygen atoms in total. The molecule has 0 aliphatic heterocycles.